The van der Waals surface area contributed by atoms with E-state index < -0.39 is 0 Å². The number of furan rings is 1. The highest BCUT2D eigenvalue weighted by Gasteiger charge is 2.19. The Bertz CT molecular complexity index is 877. The number of benzene rings is 2. The minimum absolute atomic E-state index is 0.214. The smallest absolute Gasteiger partial charge is 0.291 e. The van der Waals surface area contributed by atoms with E-state index in [4.69, 9.17) is 4.42 Å². The highest BCUT2D eigenvalue weighted by atomic mass is 16.3. The van der Waals surface area contributed by atoms with Gasteiger partial charge in [-0.15, -0.1) is 0 Å². The number of amides is 1. The quantitative estimate of drug-likeness (QED) is 0.594. The summed E-state index contributed by atoms with van der Waals surface area (Å²) in [6.07, 6.45) is 2.49. The lowest BCUT2D eigenvalue weighted by Crippen LogP contribution is -2.12. The molecule has 4 rings (SSSR count). The zero-order valence-electron chi connectivity index (χ0n) is 12.2. The van der Waals surface area contributed by atoms with Crippen LogP contribution in [0.4, 0.5) is 5.69 Å². The van der Waals surface area contributed by atoms with Crippen LogP contribution in [0.15, 0.2) is 59.2 Å². The highest BCUT2D eigenvalue weighted by Crippen LogP contribution is 2.37. The molecule has 1 aliphatic rings. The van der Waals surface area contributed by atoms with Crippen LogP contribution in [0.3, 0.4) is 0 Å². The van der Waals surface area contributed by atoms with Gasteiger partial charge in [-0.05, 0) is 53.8 Å². The van der Waals surface area contributed by atoms with Crippen LogP contribution in [0.25, 0.3) is 11.1 Å². The molecule has 0 saturated heterocycles. The Morgan fingerprint density at radius 1 is 1.05 bits per heavy atom. The van der Waals surface area contributed by atoms with Gasteiger partial charge in [-0.3, -0.25) is 4.79 Å². The van der Waals surface area contributed by atoms with Gasteiger partial charge in [-0.2, -0.15) is 0 Å². The van der Waals surface area contributed by atoms with Crippen LogP contribution in [-0.2, 0) is 6.42 Å². The molecular formula is C19H15NO2. The largest absolute Gasteiger partial charge is 0.459 e. The second-order valence-electron chi connectivity index (χ2n) is 5.59. The van der Waals surface area contributed by atoms with Crippen molar-refractivity contribution in [1.29, 1.82) is 0 Å². The highest BCUT2D eigenvalue weighted by molar-refractivity contribution is 6.03. The van der Waals surface area contributed by atoms with Crippen molar-refractivity contribution in [2.45, 2.75) is 13.3 Å². The predicted molar refractivity (Wildman–Crippen MR) is 86.1 cm³/mol. The summed E-state index contributed by atoms with van der Waals surface area (Å²) in [5, 5.41) is 2.91. The van der Waals surface area contributed by atoms with Crippen molar-refractivity contribution in [1.82, 2.24) is 0 Å². The van der Waals surface area contributed by atoms with Crippen LogP contribution < -0.4 is 5.32 Å². The molecular weight excluding hydrogens is 274 g/mol. The van der Waals surface area contributed by atoms with E-state index in [1.807, 2.05) is 25.1 Å². The second-order valence-corrected chi connectivity index (χ2v) is 5.59. The standard InChI is InChI=1S/C19H15NO2/c1-12-8-9-22-18(12)19(21)20-15-7-6-14-10-13-4-2-3-5-16(13)17(14)11-15/h2-9,11H,10H2,1H3,(H,20,21). The Morgan fingerprint density at radius 2 is 1.86 bits per heavy atom. The summed E-state index contributed by atoms with van der Waals surface area (Å²) in [4.78, 5) is 12.2. The topological polar surface area (TPSA) is 42.2 Å². The molecule has 0 saturated carbocycles. The van der Waals surface area contributed by atoms with Crippen molar-refractivity contribution < 1.29 is 9.21 Å². The molecule has 3 heteroatoms. The number of carbonyl (C=O) groups excluding carboxylic acids is 1. The summed E-state index contributed by atoms with van der Waals surface area (Å²) in [6.45, 7) is 1.86. The molecule has 3 aromatic rings. The van der Waals surface area contributed by atoms with Crippen molar-refractivity contribution in [2.75, 3.05) is 5.32 Å². The molecule has 0 spiro atoms. The van der Waals surface area contributed by atoms with E-state index in [0.29, 0.717) is 5.76 Å². The zero-order chi connectivity index (χ0) is 15.1. The third kappa shape index (κ3) is 2.02. The van der Waals surface area contributed by atoms with E-state index in [1.165, 1.54) is 28.5 Å². The first-order valence-electron chi connectivity index (χ1n) is 7.29. The van der Waals surface area contributed by atoms with E-state index >= 15 is 0 Å². The zero-order valence-corrected chi connectivity index (χ0v) is 12.2. The van der Waals surface area contributed by atoms with Gasteiger partial charge in [-0.25, -0.2) is 0 Å². The van der Waals surface area contributed by atoms with Gasteiger partial charge < -0.3 is 9.73 Å². The van der Waals surface area contributed by atoms with E-state index in [1.54, 1.807) is 6.07 Å². The van der Waals surface area contributed by atoms with Crippen molar-refractivity contribution in [3.05, 3.63) is 77.2 Å². The Labute approximate surface area is 128 Å². The lowest BCUT2D eigenvalue weighted by atomic mass is 10.1. The number of nitrogens with one attached hydrogen (secondary N) is 1. The van der Waals surface area contributed by atoms with Crippen LogP contribution >= 0.6 is 0 Å². The number of carbonyl (C=O) groups is 1. The first-order chi connectivity index (χ1) is 10.7. The maximum atomic E-state index is 12.2. The fraction of sp³-hybridized carbons (Fsp3) is 0.105. The van der Waals surface area contributed by atoms with Gasteiger partial charge in [0.15, 0.2) is 5.76 Å². The third-order valence-corrected chi connectivity index (χ3v) is 4.12. The summed E-state index contributed by atoms with van der Waals surface area (Å²) >= 11 is 0. The lowest BCUT2D eigenvalue weighted by molar-refractivity contribution is 0.0996. The average molecular weight is 289 g/mol. The molecule has 22 heavy (non-hydrogen) atoms. The van der Waals surface area contributed by atoms with Gasteiger partial charge >= 0.3 is 0 Å². The molecule has 1 amide bonds. The van der Waals surface area contributed by atoms with Gasteiger partial charge in [0.1, 0.15) is 0 Å². The van der Waals surface area contributed by atoms with E-state index in [-0.39, 0.29) is 5.91 Å². The minimum Gasteiger partial charge on any atom is -0.459 e. The Hall–Kier alpha value is -2.81. The molecule has 108 valence electrons. The van der Waals surface area contributed by atoms with Crippen LogP contribution in [-0.4, -0.2) is 5.91 Å². The molecule has 0 atom stereocenters. The van der Waals surface area contributed by atoms with Crippen LogP contribution in [0.5, 0.6) is 0 Å². The van der Waals surface area contributed by atoms with Crippen molar-refractivity contribution in [3.63, 3.8) is 0 Å². The van der Waals surface area contributed by atoms with Gasteiger partial charge in [0.25, 0.3) is 5.91 Å². The summed E-state index contributed by atoms with van der Waals surface area (Å²) in [5.41, 5.74) is 6.71. The molecule has 1 aromatic heterocycles. The lowest BCUT2D eigenvalue weighted by Gasteiger charge is -2.07. The molecule has 0 unspecified atom stereocenters. The molecule has 3 nitrogen and oxygen atoms in total. The molecule has 0 aliphatic heterocycles. The molecule has 1 N–H and O–H groups in total. The average Bonchev–Trinajstić information content (AvgIpc) is 3.10. The molecule has 2 aromatic carbocycles. The number of anilines is 1. The van der Waals surface area contributed by atoms with Gasteiger partial charge in [0, 0.05) is 11.3 Å². The van der Waals surface area contributed by atoms with E-state index in [0.717, 1.165) is 17.7 Å². The minimum atomic E-state index is -0.214. The predicted octanol–water partition coefficient (Wildman–Crippen LogP) is 4.41. The number of hydrogen-bond donors (Lipinski definition) is 1. The van der Waals surface area contributed by atoms with Gasteiger partial charge in [0.2, 0.25) is 0 Å². The van der Waals surface area contributed by atoms with Crippen molar-refractivity contribution in [3.8, 4) is 11.1 Å². The second kappa shape index (κ2) is 4.88. The SMILES string of the molecule is Cc1ccoc1C(=O)Nc1ccc2c(c1)-c1ccccc1C2. The molecule has 1 heterocycles. The number of aryl methyl sites for hydroxylation is 1. The molecule has 0 bridgehead atoms. The fourth-order valence-corrected chi connectivity index (χ4v) is 2.99. The van der Waals surface area contributed by atoms with Crippen LogP contribution in [0.2, 0.25) is 0 Å². The summed E-state index contributed by atoms with van der Waals surface area (Å²) in [6, 6.07) is 16.2. The fourth-order valence-electron chi connectivity index (χ4n) is 2.99. The first kappa shape index (κ1) is 12.9. The van der Waals surface area contributed by atoms with E-state index in [9.17, 15) is 4.79 Å². The van der Waals surface area contributed by atoms with Gasteiger partial charge in [-0.1, -0.05) is 30.3 Å². The summed E-state index contributed by atoms with van der Waals surface area (Å²) < 4.78 is 5.24. The molecule has 0 fully saturated rings. The Kier molecular flexibility index (Phi) is 2.86. The summed E-state index contributed by atoms with van der Waals surface area (Å²) in [7, 11) is 0. The Balaban J connectivity index is 1.66. The number of rotatable bonds is 2. The van der Waals surface area contributed by atoms with E-state index in [2.05, 4.69) is 29.6 Å². The van der Waals surface area contributed by atoms with Crippen LogP contribution in [0.1, 0.15) is 27.2 Å². The maximum Gasteiger partial charge on any atom is 0.291 e. The summed E-state index contributed by atoms with van der Waals surface area (Å²) in [5.74, 6) is 0.148. The third-order valence-electron chi connectivity index (χ3n) is 4.12. The Morgan fingerprint density at radius 3 is 2.68 bits per heavy atom. The van der Waals surface area contributed by atoms with Gasteiger partial charge in [0.05, 0.1) is 6.26 Å². The van der Waals surface area contributed by atoms with Crippen molar-refractivity contribution >= 4 is 11.6 Å². The van der Waals surface area contributed by atoms with Crippen LogP contribution in [0, 0.1) is 6.92 Å². The maximum absolute atomic E-state index is 12.2. The number of hydrogen-bond acceptors (Lipinski definition) is 2. The molecule has 0 radical (unpaired) electrons. The molecule has 1 aliphatic carbocycles. The normalized spacial score (nSPS) is 11.9. The number of fused-ring (bicyclic) bond motifs is 3. The monoisotopic (exact) mass is 289 g/mol. The first-order valence-corrected chi connectivity index (χ1v) is 7.29. The van der Waals surface area contributed by atoms with Crippen molar-refractivity contribution in [2.24, 2.45) is 0 Å².